The lowest BCUT2D eigenvalue weighted by molar-refractivity contribution is -0.131. The number of carbonyl (C=O) groups excluding carboxylic acids is 1. The summed E-state index contributed by atoms with van der Waals surface area (Å²) < 4.78 is 0. The molecule has 2 aromatic heterocycles. The van der Waals surface area contributed by atoms with Crippen LogP contribution in [-0.2, 0) is 4.79 Å². The van der Waals surface area contributed by atoms with Crippen LogP contribution in [0.4, 0.5) is 0 Å². The van der Waals surface area contributed by atoms with Gasteiger partial charge in [-0.15, -0.1) is 0 Å². The Morgan fingerprint density at radius 1 is 1.29 bits per heavy atom. The first-order valence-electron chi connectivity index (χ1n) is 8.30. The van der Waals surface area contributed by atoms with Gasteiger partial charge in [0.05, 0.1) is 5.25 Å². The summed E-state index contributed by atoms with van der Waals surface area (Å²) in [7, 11) is 0. The highest BCUT2D eigenvalue weighted by Crippen LogP contribution is 2.28. The van der Waals surface area contributed by atoms with Gasteiger partial charge >= 0.3 is 0 Å². The van der Waals surface area contributed by atoms with Crippen LogP contribution in [0.3, 0.4) is 0 Å². The molecule has 0 bridgehead atoms. The van der Waals surface area contributed by atoms with E-state index in [9.17, 15) is 4.79 Å². The third-order valence-corrected chi connectivity index (χ3v) is 5.31. The van der Waals surface area contributed by atoms with E-state index in [4.69, 9.17) is 0 Å². The van der Waals surface area contributed by atoms with Gasteiger partial charge in [-0.25, -0.2) is 9.97 Å². The lowest BCUT2D eigenvalue weighted by Gasteiger charge is -2.32. The van der Waals surface area contributed by atoms with Crippen molar-refractivity contribution in [3.8, 4) is 0 Å². The fourth-order valence-electron chi connectivity index (χ4n) is 3.12. The third kappa shape index (κ3) is 3.95. The number of carbonyl (C=O) groups is 1. The van der Waals surface area contributed by atoms with Gasteiger partial charge < -0.3 is 4.90 Å². The van der Waals surface area contributed by atoms with Gasteiger partial charge in [0.1, 0.15) is 0 Å². The molecule has 3 rings (SSSR count). The van der Waals surface area contributed by atoms with Gasteiger partial charge in [-0.05, 0) is 45.7 Å². The van der Waals surface area contributed by atoms with Crippen molar-refractivity contribution in [1.29, 1.82) is 0 Å². The van der Waals surface area contributed by atoms with E-state index in [-0.39, 0.29) is 11.2 Å². The number of aromatic amines is 1. The Bertz CT molecular complexity index is 675. The molecule has 1 unspecified atom stereocenters. The smallest absolute Gasteiger partial charge is 0.235 e. The number of aryl methyl sites for hydroxylation is 2. The van der Waals surface area contributed by atoms with Gasteiger partial charge in [-0.1, -0.05) is 11.8 Å². The molecule has 6 nitrogen and oxygen atoms in total. The number of likely N-dealkylation sites (tertiary alicyclic amines) is 1. The van der Waals surface area contributed by atoms with E-state index in [0.29, 0.717) is 11.1 Å². The van der Waals surface area contributed by atoms with E-state index < -0.39 is 0 Å². The van der Waals surface area contributed by atoms with E-state index in [2.05, 4.69) is 20.2 Å². The molecule has 1 atom stereocenters. The zero-order chi connectivity index (χ0) is 17.1. The van der Waals surface area contributed by atoms with Crippen LogP contribution in [0.25, 0.3) is 0 Å². The second-order valence-corrected chi connectivity index (χ2v) is 7.61. The van der Waals surface area contributed by atoms with Crippen LogP contribution in [-0.4, -0.2) is 49.3 Å². The topological polar surface area (TPSA) is 74.8 Å². The van der Waals surface area contributed by atoms with Gasteiger partial charge in [0.25, 0.3) is 0 Å². The van der Waals surface area contributed by atoms with Crippen molar-refractivity contribution in [2.45, 2.75) is 49.9 Å². The average Bonchev–Trinajstić information content (AvgIpc) is 3.07. The Kier molecular flexibility index (Phi) is 5.18. The zero-order valence-corrected chi connectivity index (χ0v) is 15.1. The molecule has 1 aliphatic heterocycles. The Balaban J connectivity index is 1.56. The maximum Gasteiger partial charge on any atom is 0.235 e. The Labute approximate surface area is 146 Å². The number of nitrogens with one attached hydrogen (secondary N) is 1. The summed E-state index contributed by atoms with van der Waals surface area (Å²) in [6, 6.07) is 3.97. The standard InChI is InChI=1S/C17H23N5OS/c1-11-10-12(2)20-17(19-11)24-13(3)16(23)22-8-5-14(6-9-22)15-4-7-18-21-15/h4,7,10,13-14H,5-6,8-9H2,1-3H3,(H,18,21). The molecule has 1 fully saturated rings. The number of thioether (sulfide) groups is 1. The number of nitrogens with zero attached hydrogens (tertiary/aromatic N) is 4. The molecule has 0 aliphatic carbocycles. The van der Waals surface area contributed by atoms with Crippen LogP contribution in [0, 0.1) is 13.8 Å². The average molecular weight is 345 g/mol. The van der Waals surface area contributed by atoms with Crippen molar-refractivity contribution < 1.29 is 4.79 Å². The summed E-state index contributed by atoms with van der Waals surface area (Å²) in [6.45, 7) is 7.42. The lowest BCUT2D eigenvalue weighted by Crippen LogP contribution is -2.41. The summed E-state index contributed by atoms with van der Waals surface area (Å²) in [5.74, 6) is 0.646. The molecule has 7 heteroatoms. The maximum absolute atomic E-state index is 12.7. The van der Waals surface area contributed by atoms with Crippen molar-refractivity contribution in [2.75, 3.05) is 13.1 Å². The number of aromatic nitrogens is 4. The van der Waals surface area contributed by atoms with Crippen LogP contribution in [0.15, 0.2) is 23.5 Å². The number of piperidine rings is 1. The molecule has 1 saturated heterocycles. The van der Waals surface area contributed by atoms with E-state index in [0.717, 1.165) is 37.3 Å². The fourth-order valence-corrected chi connectivity index (χ4v) is 4.08. The summed E-state index contributed by atoms with van der Waals surface area (Å²) in [5, 5.41) is 7.57. The van der Waals surface area contributed by atoms with E-state index in [1.807, 2.05) is 37.8 Å². The molecule has 1 aliphatic rings. The van der Waals surface area contributed by atoms with Crippen molar-refractivity contribution in [2.24, 2.45) is 0 Å². The van der Waals surface area contributed by atoms with Crippen LogP contribution < -0.4 is 0 Å². The second-order valence-electron chi connectivity index (χ2n) is 6.30. The molecule has 24 heavy (non-hydrogen) atoms. The molecule has 0 radical (unpaired) electrons. The predicted octanol–water partition coefficient (Wildman–Crippen LogP) is 2.70. The van der Waals surface area contributed by atoms with Gasteiger partial charge in [0, 0.05) is 42.3 Å². The van der Waals surface area contributed by atoms with Crippen LogP contribution >= 0.6 is 11.8 Å². The van der Waals surface area contributed by atoms with Crippen molar-refractivity contribution in [1.82, 2.24) is 25.1 Å². The fraction of sp³-hybridized carbons (Fsp3) is 0.529. The Morgan fingerprint density at radius 3 is 2.54 bits per heavy atom. The van der Waals surface area contributed by atoms with Gasteiger partial charge in [0.15, 0.2) is 5.16 Å². The monoisotopic (exact) mass is 345 g/mol. The van der Waals surface area contributed by atoms with Gasteiger partial charge in [-0.3, -0.25) is 9.89 Å². The number of hydrogen-bond acceptors (Lipinski definition) is 5. The first-order chi connectivity index (χ1) is 11.5. The Morgan fingerprint density at radius 2 is 1.96 bits per heavy atom. The number of amides is 1. The van der Waals surface area contributed by atoms with Crippen molar-refractivity contribution in [3.63, 3.8) is 0 Å². The number of rotatable bonds is 4. The molecule has 0 saturated carbocycles. The molecule has 128 valence electrons. The largest absolute Gasteiger partial charge is 0.342 e. The normalized spacial score (nSPS) is 17.0. The van der Waals surface area contributed by atoms with Crippen LogP contribution in [0.1, 0.15) is 42.8 Å². The molecule has 1 amide bonds. The maximum atomic E-state index is 12.7. The summed E-state index contributed by atoms with van der Waals surface area (Å²) in [5.41, 5.74) is 3.04. The number of H-pyrrole nitrogens is 1. The molecule has 2 aromatic rings. The highest BCUT2D eigenvalue weighted by atomic mass is 32.2. The van der Waals surface area contributed by atoms with Crippen molar-refractivity contribution in [3.05, 3.63) is 35.4 Å². The van der Waals surface area contributed by atoms with Gasteiger partial charge in [0.2, 0.25) is 5.91 Å². The Hall–Kier alpha value is -1.89. The summed E-state index contributed by atoms with van der Waals surface area (Å²) in [4.78, 5) is 23.5. The molecule has 0 spiro atoms. The number of hydrogen-bond donors (Lipinski definition) is 1. The minimum Gasteiger partial charge on any atom is -0.342 e. The van der Waals surface area contributed by atoms with E-state index in [1.54, 1.807) is 6.20 Å². The SMILES string of the molecule is Cc1cc(C)nc(SC(C)C(=O)N2CCC(c3ccn[nH]3)CC2)n1. The van der Waals surface area contributed by atoms with Gasteiger partial charge in [-0.2, -0.15) is 5.10 Å². The molecular formula is C17H23N5OS. The minimum absolute atomic E-state index is 0.171. The molecule has 3 heterocycles. The molecule has 1 N–H and O–H groups in total. The van der Waals surface area contributed by atoms with Crippen LogP contribution in [0.5, 0.6) is 0 Å². The molecular weight excluding hydrogens is 322 g/mol. The quantitative estimate of drug-likeness (QED) is 0.681. The first kappa shape index (κ1) is 17.0. The highest BCUT2D eigenvalue weighted by Gasteiger charge is 2.28. The zero-order valence-electron chi connectivity index (χ0n) is 14.3. The lowest BCUT2D eigenvalue weighted by atomic mass is 9.93. The van der Waals surface area contributed by atoms with E-state index in [1.165, 1.54) is 17.5 Å². The third-order valence-electron chi connectivity index (χ3n) is 4.36. The predicted molar refractivity (Wildman–Crippen MR) is 94.0 cm³/mol. The van der Waals surface area contributed by atoms with Crippen LogP contribution in [0.2, 0.25) is 0 Å². The first-order valence-corrected chi connectivity index (χ1v) is 9.18. The highest BCUT2D eigenvalue weighted by molar-refractivity contribution is 8.00. The summed E-state index contributed by atoms with van der Waals surface area (Å²) in [6.07, 6.45) is 3.74. The minimum atomic E-state index is -0.171. The van der Waals surface area contributed by atoms with Crippen molar-refractivity contribution >= 4 is 17.7 Å². The summed E-state index contributed by atoms with van der Waals surface area (Å²) >= 11 is 1.44. The second kappa shape index (κ2) is 7.34. The van der Waals surface area contributed by atoms with E-state index >= 15 is 0 Å². The molecule has 0 aromatic carbocycles.